The van der Waals surface area contributed by atoms with Gasteiger partial charge in [0.2, 0.25) is 0 Å². The Morgan fingerprint density at radius 3 is 0.720 bits per heavy atom. The van der Waals surface area contributed by atoms with Gasteiger partial charge < -0.3 is 69.8 Å². The molecule has 0 heterocycles. The molecule has 7 aromatic carbocycles. The summed E-state index contributed by atoms with van der Waals surface area (Å²) in [6, 6.07) is 61.4. The fraction of sp³-hybridized carbons (Fsp3) is 0.506. The van der Waals surface area contributed by atoms with Crippen LogP contribution in [0.3, 0.4) is 0 Å². The fourth-order valence-electron chi connectivity index (χ4n) is 13.0. The summed E-state index contributed by atoms with van der Waals surface area (Å²) < 4.78 is 276. The molecular weight excluding hydrogens is 1780 g/mol. The molecule has 2 aliphatic rings. The lowest BCUT2D eigenvalue weighted by molar-refractivity contribution is -0.248. The molecule has 0 saturated heterocycles. The molecular formula is C85H120O32P8. The maximum absolute atomic E-state index is 16.2. The molecule has 0 aliphatic heterocycles. The van der Waals surface area contributed by atoms with Gasteiger partial charge in [-0.15, -0.1) is 0 Å². The van der Waals surface area contributed by atoms with E-state index in [9.17, 15) is 13.7 Å². The molecule has 0 spiro atoms. The van der Waals surface area contributed by atoms with E-state index in [1.165, 1.54) is 67.5 Å². The van der Waals surface area contributed by atoms with Crippen molar-refractivity contribution in [3.8, 4) is 0 Å². The van der Waals surface area contributed by atoms with Crippen molar-refractivity contribution >= 4 is 60.5 Å². The van der Waals surface area contributed by atoms with Gasteiger partial charge >= 0.3 is 38.4 Å². The topological polar surface area (TPSA) is 358 Å². The third-order valence-electron chi connectivity index (χ3n) is 18.6. The molecule has 0 aromatic heterocycles. The van der Waals surface area contributed by atoms with E-state index in [0.717, 1.165) is 6.66 Å². The normalized spacial score (nSPS) is 22.7. The van der Waals surface area contributed by atoms with Crippen molar-refractivity contribution in [3.05, 3.63) is 251 Å². The van der Waals surface area contributed by atoms with E-state index in [-0.39, 0.29) is 92.5 Å². The Hall–Kier alpha value is -4.58. The van der Waals surface area contributed by atoms with Crippen molar-refractivity contribution in [1.29, 1.82) is 0 Å². The van der Waals surface area contributed by atoms with Crippen molar-refractivity contribution in [1.82, 2.24) is 0 Å². The van der Waals surface area contributed by atoms with Crippen LogP contribution in [0.25, 0.3) is 0 Å². The van der Waals surface area contributed by atoms with Gasteiger partial charge in [-0.3, -0.25) is 68.1 Å². The molecule has 16 atom stereocenters. The monoisotopic (exact) mass is 1900 g/mol. The fourth-order valence-corrected chi connectivity index (χ4v) is 21.6. The van der Waals surface area contributed by atoms with Crippen LogP contribution in [-0.2, 0) is 193 Å². The van der Waals surface area contributed by atoms with Crippen molar-refractivity contribution in [3.63, 3.8) is 0 Å². The highest BCUT2D eigenvalue weighted by Crippen LogP contribution is 2.62. The van der Waals surface area contributed by atoms with E-state index in [2.05, 4.69) is 0 Å². The number of phosphoric ester groups is 2. The van der Waals surface area contributed by atoms with Crippen LogP contribution in [0.1, 0.15) is 45.9 Å². The molecule has 2 fully saturated rings. The first kappa shape index (κ1) is 104. The molecule has 0 bridgehead atoms. The average Bonchev–Trinajstić information content (AvgIpc) is 0.739. The molecule has 40 heteroatoms. The van der Waals surface area contributed by atoms with Crippen LogP contribution in [0, 0.1) is 0 Å². The van der Waals surface area contributed by atoms with Crippen molar-refractivity contribution < 1.29 is 147 Å². The Morgan fingerprint density at radius 2 is 0.448 bits per heavy atom. The summed E-state index contributed by atoms with van der Waals surface area (Å²) >= 11 is 0. The third kappa shape index (κ3) is 37.5. The first-order valence-electron chi connectivity index (χ1n) is 40.6. The van der Waals surface area contributed by atoms with Crippen LogP contribution in [-0.4, -0.2) is 226 Å². The highest BCUT2D eigenvalue weighted by molar-refractivity contribution is 7.58. The summed E-state index contributed by atoms with van der Waals surface area (Å²) in [5, 5.41) is 0. The highest BCUT2D eigenvalue weighted by Gasteiger charge is 2.63. The number of ether oxygens (including phenoxy) is 9. The number of phosphoric acid groups is 2. The van der Waals surface area contributed by atoms with Gasteiger partial charge in [0, 0.05) is 74.2 Å². The molecule has 0 radical (unpaired) electrons. The quantitative estimate of drug-likeness (QED) is 0.0252. The number of methoxy groups -OCH3 is 2. The van der Waals surface area contributed by atoms with Crippen molar-refractivity contribution in [2.75, 3.05) is 147 Å². The van der Waals surface area contributed by atoms with Crippen LogP contribution in [0.4, 0.5) is 0 Å². The predicted molar refractivity (Wildman–Crippen MR) is 472 cm³/mol. The standard InChI is InChI=1S/C85H120O32P8/c1-66(58-102-77-81(114-122(11,90)104-60-68-36-22-14-23-37-68)83(111-119(6,7)87)84(112-120(8,9)88)85(115-123(12,91)105-61-69-38-24-15-25-39-69)82(77)117-125(93,108-64-72-44-30-18-31-45-72)109-65-73-46-32-19-33-47-73)98-56-57-101-74-78(110-118(4,5)86)75(99-54-52-96-50-48-94-2)80(116-124(92,106-62-70-40-26-16-27-41-70)107-63-71-42-28-17-29-43-71)76(100-55-53-97-51-49-95-3)79(74)113-121(10,89)103-59-67-34-20-13-21-35-67/h13-47,66,74-85H,48-65H2,1-12H3/t66-,74-,75-,76+,77+,78+,79-,80+,81-,82+,83+,84-,85-,121?,122?,123?/m0/s1. The molecule has 125 heavy (non-hydrogen) atoms. The minimum Gasteiger partial charge on any atom is -0.382 e. The zero-order chi connectivity index (χ0) is 90.0. The molecule has 0 N–H and O–H groups in total. The smallest absolute Gasteiger partial charge is 0.382 e. The Balaban J connectivity index is 1.14. The van der Waals surface area contributed by atoms with E-state index in [1.54, 1.807) is 219 Å². The van der Waals surface area contributed by atoms with Gasteiger partial charge in [0.15, 0.2) is 22.1 Å². The molecule has 32 nitrogen and oxygen atoms in total. The van der Waals surface area contributed by atoms with E-state index in [0.29, 0.717) is 38.9 Å². The number of benzene rings is 7. The van der Waals surface area contributed by atoms with Gasteiger partial charge in [-0.25, -0.2) is 9.13 Å². The lowest BCUT2D eigenvalue weighted by Gasteiger charge is -2.50. The van der Waals surface area contributed by atoms with Crippen LogP contribution >= 0.6 is 60.5 Å². The summed E-state index contributed by atoms with van der Waals surface area (Å²) in [5.74, 6) is 0. The van der Waals surface area contributed by atoms with E-state index in [1.807, 2.05) is 0 Å². The van der Waals surface area contributed by atoms with E-state index >= 15 is 22.8 Å². The molecule has 9 rings (SSSR count). The van der Waals surface area contributed by atoms with Crippen LogP contribution < -0.4 is 0 Å². The summed E-state index contributed by atoms with van der Waals surface area (Å²) in [5.41, 5.74) is 3.99. The molecule has 692 valence electrons. The van der Waals surface area contributed by atoms with Gasteiger partial charge in [-0.2, -0.15) is 0 Å². The van der Waals surface area contributed by atoms with Gasteiger partial charge in [-0.1, -0.05) is 212 Å². The minimum absolute atomic E-state index is 0.0723. The summed E-state index contributed by atoms with van der Waals surface area (Å²) in [7, 11) is -32.1. The van der Waals surface area contributed by atoms with Crippen LogP contribution in [0.2, 0.25) is 0 Å². The Bertz CT molecular complexity index is 4570. The highest BCUT2D eigenvalue weighted by atomic mass is 31.2. The lowest BCUT2D eigenvalue weighted by Crippen LogP contribution is -2.67. The summed E-state index contributed by atoms with van der Waals surface area (Å²) in [6.07, 6.45) is -22.6. The van der Waals surface area contributed by atoms with Crippen molar-refractivity contribution in [2.24, 2.45) is 0 Å². The van der Waals surface area contributed by atoms with Gasteiger partial charge in [0.05, 0.1) is 125 Å². The third-order valence-corrected chi connectivity index (χ3v) is 27.3. The predicted octanol–water partition coefficient (Wildman–Crippen LogP) is 18.2. The van der Waals surface area contributed by atoms with Gasteiger partial charge in [0.25, 0.3) is 0 Å². The zero-order valence-electron chi connectivity index (χ0n) is 72.6. The molecule has 0 amide bonds. The SMILES string of the molecule is COCCOCCO[C@@H]1[C@@H](OP(C)(=O)OCc2ccccc2)[C@@H](OCCO[C@@H](C)CO[C@@H]2[C@H](OP(C)(=O)OCc3ccccc3)[C@@H](OP(C)(C)=O)[C@H](OP(C)(C)=O)[C@@H](OP(C)(=O)OCc3ccccc3)[C@@H]2OP(=O)(OCc2ccccc2)OCc2ccccc2)[C@@H](OP(C)(C)=O)[C@H](OCCOCCOC)[C@H]1OP(=O)(OCc1ccccc1)OCc1ccccc1. The van der Waals surface area contributed by atoms with Crippen molar-refractivity contribution in [2.45, 2.75) is 133 Å². The Morgan fingerprint density at radius 1 is 0.240 bits per heavy atom. The average molecular weight is 1900 g/mol. The minimum atomic E-state index is -5.16. The van der Waals surface area contributed by atoms with Crippen LogP contribution in [0.5, 0.6) is 0 Å². The molecule has 3 unspecified atom stereocenters. The van der Waals surface area contributed by atoms with Crippen LogP contribution in [0.15, 0.2) is 212 Å². The Labute approximate surface area is 734 Å². The summed E-state index contributed by atoms with van der Waals surface area (Å²) in [4.78, 5) is 0. The lowest BCUT2D eigenvalue weighted by atomic mass is 9.84. The molecule has 7 aromatic rings. The molecule has 2 aliphatic carbocycles. The van der Waals surface area contributed by atoms with E-state index in [4.69, 9.17) is 110 Å². The maximum atomic E-state index is 16.2. The number of rotatable bonds is 59. The second-order valence-corrected chi connectivity index (χ2v) is 48.0. The first-order chi connectivity index (χ1) is 59.6. The van der Waals surface area contributed by atoms with E-state index < -0.39 is 166 Å². The van der Waals surface area contributed by atoms with Gasteiger partial charge in [0.1, 0.15) is 73.2 Å². The second-order valence-electron chi connectivity index (χ2n) is 30.5. The number of hydrogen-bond acceptors (Lipinski definition) is 32. The maximum Gasteiger partial charge on any atom is 0.475 e. The summed E-state index contributed by atoms with van der Waals surface area (Å²) in [6.45, 7) is 9.49. The first-order valence-corrected chi connectivity index (χ1v) is 57.1. The Kier molecular flexibility index (Phi) is 42.9. The number of hydrogen-bond donors (Lipinski definition) is 0. The zero-order valence-corrected chi connectivity index (χ0v) is 79.7. The van der Waals surface area contributed by atoms with Gasteiger partial charge in [-0.05, 0) is 45.9 Å². The molecule has 2 saturated carbocycles. The largest absolute Gasteiger partial charge is 0.475 e. The second kappa shape index (κ2) is 51.4.